The summed E-state index contributed by atoms with van der Waals surface area (Å²) in [7, 11) is 1.67. The van der Waals surface area contributed by atoms with Crippen LogP contribution in [0, 0.1) is 0 Å². The minimum Gasteiger partial charge on any atom is -0.379 e. The predicted molar refractivity (Wildman–Crippen MR) is 187 cm³/mol. The molecule has 1 fully saturated rings. The normalized spacial score (nSPS) is 22.5. The number of nitrogens with zero attached hydrogens (tertiary/aromatic N) is 2. The number of nitrogens with two attached hydrogens (primary N) is 1. The first-order valence-corrected chi connectivity index (χ1v) is 17.3. The Labute approximate surface area is 288 Å². The van der Waals surface area contributed by atoms with E-state index in [0.717, 1.165) is 54.7 Å². The van der Waals surface area contributed by atoms with Gasteiger partial charge in [-0.3, -0.25) is 9.59 Å². The zero-order valence-corrected chi connectivity index (χ0v) is 28.4. The smallest absolute Gasteiger partial charge is 0.252 e. The van der Waals surface area contributed by atoms with Gasteiger partial charge in [0.05, 0.1) is 86.7 Å². The van der Waals surface area contributed by atoms with Crippen LogP contribution in [-0.2, 0) is 45.5 Å². The number of carbonyl (C=O) groups is 2. The maximum absolute atomic E-state index is 13.6. The van der Waals surface area contributed by atoms with Gasteiger partial charge in [-0.25, -0.2) is 0 Å². The number of benzene rings is 3. The van der Waals surface area contributed by atoms with Crippen molar-refractivity contribution < 1.29 is 38.0 Å². The van der Waals surface area contributed by atoms with E-state index >= 15 is 0 Å². The number of ether oxygens (including phenoxy) is 6. The average molecular weight is 686 g/mol. The van der Waals surface area contributed by atoms with Gasteiger partial charge in [0.15, 0.2) is 5.72 Å². The van der Waals surface area contributed by atoms with Crippen LogP contribution in [0.5, 0.6) is 0 Å². The quantitative estimate of drug-likeness (QED) is 0.111. The van der Waals surface area contributed by atoms with Gasteiger partial charge >= 0.3 is 0 Å². The number of hydrogen-bond acceptors (Lipinski definition) is 9. The second-order valence-electron chi connectivity index (χ2n) is 13.1. The predicted octanol–water partition coefficient (Wildman–Crippen LogP) is 3.62. The average Bonchev–Trinajstić information content (AvgIpc) is 3.76. The van der Waals surface area contributed by atoms with Gasteiger partial charge in [-0.15, -0.1) is 0 Å². The van der Waals surface area contributed by atoms with Crippen molar-refractivity contribution in [3.63, 3.8) is 0 Å². The number of aromatic nitrogens is 2. The SMILES string of the molecule is CO[C@@H]1[C@H](NC(=O)CCOCCOCCOCCOCN)C[C@H]2O[C@]1(C)n1c3ccccc3c3c4c(c5c6ccccc6n2c5c31)C(=O)NC4. The summed E-state index contributed by atoms with van der Waals surface area (Å²) in [6, 6.07) is 16.1. The number of amides is 2. The van der Waals surface area contributed by atoms with Crippen LogP contribution in [0.3, 0.4) is 0 Å². The Morgan fingerprint density at radius 1 is 0.920 bits per heavy atom. The third-order valence-corrected chi connectivity index (χ3v) is 10.3. The van der Waals surface area contributed by atoms with Gasteiger partial charge < -0.3 is 53.9 Å². The molecule has 4 atom stereocenters. The molecule has 3 aromatic carbocycles. The van der Waals surface area contributed by atoms with Crippen molar-refractivity contribution in [3.8, 4) is 0 Å². The Morgan fingerprint density at radius 2 is 1.56 bits per heavy atom. The number of rotatable bonds is 15. The van der Waals surface area contributed by atoms with Crippen molar-refractivity contribution in [1.82, 2.24) is 19.8 Å². The number of carbonyl (C=O) groups excluding carboxylic acids is 2. The number of fused-ring (bicyclic) bond motifs is 13. The highest BCUT2D eigenvalue weighted by atomic mass is 16.6. The van der Waals surface area contributed by atoms with Gasteiger partial charge in [-0.1, -0.05) is 36.4 Å². The molecule has 8 rings (SSSR count). The van der Waals surface area contributed by atoms with Crippen molar-refractivity contribution >= 4 is 55.4 Å². The molecular weight excluding hydrogens is 642 g/mol. The van der Waals surface area contributed by atoms with Crippen molar-refractivity contribution in [1.29, 1.82) is 0 Å². The zero-order chi connectivity index (χ0) is 34.4. The maximum Gasteiger partial charge on any atom is 0.252 e. The van der Waals surface area contributed by atoms with E-state index in [1.165, 1.54) is 0 Å². The molecular formula is C37H43N5O8. The molecule has 0 spiro atoms. The molecule has 0 unspecified atom stereocenters. The molecule has 1 saturated heterocycles. The van der Waals surface area contributed by atoms with E-state index in [1.807, 2.05) is 24.3 Å². The van der Waals surface area contributed by atoms with E-state index < -0.39 is 18.1 Å². The van der Waals surface area contributed by atoms with Crippen molar-refractivity contribution in [2.75, 3.05) is 60.1 Å². The fourth-order valence-corrected chi connectivity index (χ4v) is 8.39. The molecule has 3 aliphatic rings. The monoisotopic (exact) mass is 685 g/mol. The molecule has 0 aliphatic carbocycles. The third kappa shape index (κ3) is 5.27. The highest BCUT2D eigenvalue weighted by Gasteiger charge is 2.53. The first-order valence-electron chi connectivity index (χ1n) is 17.3. The Bertz CT molecular complexity index is 2090. The number of nitrogens with one attached hydrogen (secondary N) is 2. The maximum atomic E-state index is 13.6. The van der Waals surface area contributed by atoms with Crippen LogP contribution in [0.4, 0.5) is 0 Å². The lowest BCUT2D eigenvalue weighted by Crippen LogP contribution is -2.61. The van der Waals surface area contributed by atoms with E-state index in [-0.39, 0.29) is 37.6 Å². The van der Waals surface area contributed by atoms with E-state index in [9.17, 15) is 9.59 Å². The molecule has 0 saturated carbocycles. The molecule has 264 valence electrons. The van der Waals surface area contributed by atoms with E-state index in [2.05, 4.69) is 51.0 Å². The van der Waals surface area contributed by atoms with Crippen molar-refractivity contribution in [2.45, 2.75) is 50.4 Å². The van der Waals surface area contributed by atoms with Crippen LogP contribution in [0.1, 0.15) is 41.9 Å². The van der Waals surface area contributed by atoms with Crippen LogP contribution in [-0.4, -0.2) is 93.2 Å². The number of hydrogen-bond donors (Lipinski definition) is 3. The summed E-state index contributed by atoms with van der Waals surface area (Å²) >= 11 is 0. The van der Waals surface area contributed by atoms with Crippen molar-refractivity contribution in [3.05, 3.63) is 59.7 Å². The van der Waals surface area contributed by atoms with Gasteiger partial charge in [0.25, 0.3) is 5.91 Å². The summed E-state index contributed by atoms with van der Waals surface area (Å²) in [4.78, 5) is 27.0. The van der Waals surface area contributed by atoms with Crippen LogP contribution in [0.2, 0.25) is 0 Å². The van der Waals surface area contributed by atoms with E-state index in [4.69, 9.17) is 34.2 Å². The minimum absolute atomic E-state index is 0.0618. The number of methoxy groups -OCH3 is 1. The third-order valence-electron chi connectivity index (χ3n) is 10.3. The summed E-state index contributed by atoms with van der Waals surface area (Å²) in [6.45, 7) is 5.54. The highest BCUT2D eigenvalue weighted by molar-refractivity contribution is 6.31. The molecule has 5 heterocycles. The molecule has 4 N–H and O–H groups in total. The van der Waals surface area contributed by atoms with E-state index in [0.29, 0.717) is 52.6 Å². The second-order valence-corrected chi connectivity index (χ2v) is 13.1. The Kier molecular flexibility index (Phi) is 8.98. The highest BCUT2D eigenvalue weighted by Crippen LogP contribution is 2.53. The zero-order valence-electron chi connectivity index (χ0n) is 28.4. The topological polar surface area (TPSA) is 149 Å². The van der Waals surface area contributed by atoms with Crippen molar-refractivity contribution in [2.24, 2.45) is 5.73 Å². The summed E-state index contributed by atoms with van der Waals surface area (Å²) in [5.41, 5.74) is 9.93. The Morgan fingerprint density at radius 3 is 2.26 bits per heavy atom. The first kappa shape index (κ1) is 33.1. The van der Waals surface area contributed by atoms with Gasteiger partial charge in [0, 0.05) is 48.0 Å². The minimum atomic E-state index is -1.01. The van der Waals surface area contributed by atoms with E-state index in [1.54, 1.807) is 7.11 Å². The Hall–Kier alpha value is -4.08. The second kappa shape index (κ2) is 13.6. The van der Waals surface area contributed by atoms with Gasteiger partial charge in [-0.2, -0.15) is 0 Å². The lowest BCUT2D eigenvalue weighted by Gasteiger charge is -2.48. The molecule has 2 amide bonds. The first-order chi connectivity index (χ1) is 24.5. The van der Waals surface area contributed by atoms with Crippen LogP contribution in [0.25, 0.3) is 43.6 Å². The molecule has 0 radical (unpaired) electrons. The summed E-state index contributed by atoms with van der Waals surface area (Å²) in [6.07, 6.45) is -0.321. The molecule has 3 aliphatic heterocycles. The molecule has 13 nitrogen and oxygen atoms in total. The molecule has 2 bridgehead atoms. The lowest BCUT2D eigenvalue weighted by atomic mass is 9.92. The van der Waals surface area contributed by atoms with Gasteiger partial charge in [-0.05, 0) is 24.6 Å². The van der Waals surface area contributed by atoms with Gasteiger partial charge in [0.2, 0.25) is 5.91 Å². The lowest BCUT2D eigenvalue weighted by molar-refractivity contribution is -0.256. The number of para-hydroxylation sites is 2. The fourth-order valence-electron chi connectivity index (χ4n) is 8.39. The molecule has 13 heteroatoms. The summed E-state index contributed by atoms with van der Waals surface area (Å²) in [5.74, 6) is -0.195. The summed E-state index contributed by atoms with van der Waals surface area (Å²) < 4.78 is 39.6. The fraction of sp³-hybridized carbons (Fsp3) is 0.459. The van der Waals surface area contributed by atoms with Crippen LogP contribution >= 0.6 is 0 Å². The van der Waals surface area contributed by atoms with Crippen LogP contribution < -0.4 is 16.4 Å². The van der Waals surface area contributed by atoms with Gasteiger partial charge in [0.1, 0.15) is 12.3 Å². The molecule has 5 aromatic rings. The van der Waals surface area contributed by atoms with Crippen LogP contribution in [0.15, 0.2) is 48.5 Å². The summed E-state index contributed by atoms with van der Waals surface area (Å²) in [5, 5.41) is 10.4. The largest absolute Gasteiger partial charge is 0.379 e. The Balaban J connectivity index is 1.08. The standard InChI is InChI=1S/C37H43N5O8/c1-37-35(45-2)25(40-28(43)11-12-46-13-14-47-15-16-48-17-18-49-21-38)19-29(50-37)41-26-9-5-3-7-22(26)31-32-24(20-39-36(32)44)30-23-8-4-6-10-27(23)42(37)34(30)33(31)41/h3-10,25,29,35H,11-21,38H2,1-2H3,(H,39,44)(H,40,43)/t25-,29-,35-,37+/m1/s1. The molecule has 50 heavy (non-hydrogen) atoms. The molecule has 2 aromatic heterocycles.